The average Bonchev–Trinajstić information content (AvgIpc) is 2.79. The number of hydrogen-bond acceptors (Lipinski definition) is 3. The van der Waals surface area contributed by atoms with Crippen molar-refractivity contribution in [1.82, 2.24) is 20.3 Å². The summed E-state index contributed by atoms with van der Waals surface area (Å²) in [5.41, 5.74) is 2.15. The Morgan fingerprint density at radius 2 is 2.17 bits per heavy atom. The average molecular weight is 248 g/mol. The molecule has 5 heteroatoms. The number of halogens is 1. The molecule has 4 nitrogen and oxygen atoms in total. The highest BCUT2D eigenvalue weighted by Crippen LogP contribution is 2.12. The van der Waals surface area contributed by atoms with Crippen LogP contribution in [-0.2, 0) is 6.54 Å². The molecule has 2 rings (SSSR count). The van der Waals surface area contributed by atoms with Gasteiger partial charge in [0.1, 0.15) is 5.82 Å². The summed E-state index contributed by atoms with van der Waals surface area (Å²) in [6.45, 7) is 6.53. The predicted octanol–water partition coefficient (Wildman–Crippen LogP) is 2.21. The first-order chi connectivity index (χ1) is 8.56. The first-order valence-electron chi connectivity index (χ1n) is 5.97. The van der Waals surface area contributed by atoms with Crippen LogP contribution in [0.3, 0.4) is 0 Å². The van der Waals surface area contributed by atoms with E-state index in [1.54, 1.807) is 23.9 Å². The summed E-state index contributed by atoms with van der Waals surface area (Å²) in [6, 6.07) is 5.42. The van der Waals surface area contributed by atoms with Gasteiger partial charge in [-0.2, -0.15) is 0 Å². The fourth-order valence-corrected chi connectivity index (χ4v) is 1.54. The molecule has 96 valence electrons. The zero-order chi connectivity index (χ0) is 13.1. The van der Waals surface area contributed by atoms with Gasteiger partial charge in [0.2, 0.25) is 0 Å². The Morgan fingerprint density at radius 1 is 1.39 bits per heavy atom. The van der Waals surface area contributed by atoms with Crippen molar-refractivity contribution >= 4 is 0 Å². The van der Waals surface area contributed by atoms with Gasteiger partial charge >= 0.3 is 0 Å². The number of aryl methyl sites for hydroxylation is 1. The molecule has 1 aromatic carbocycles. The predicted molar refractivity (Wildman–Crippen MR) is 68.0 cm³/mol. The lowest BCUT2D eigenvalue weighted by molar-refractivity contribution is 0.580. The summed E-state index contributed by atoms with van der Waals surface area (Å²) in [6.07, 6.45) is 1.81. The van der Waals surface area contributed by atoms with Gasteiger partial charge in [0, 0.05) is 12.6 Å². The maximum atomic E-state index is 13.5. The van der Waals surface area contributed by atoms with Gasteiger partial charge < -0.3 is 5.32 Å². The summed E-state index contributed by atoms with van der Waals surface area (Å²) in [5, 5.41) is 11.3. The van der Waals surface area contributed by atoms with Crippen molar-refractivity contribution in [3.8, 4) is 5.69 Å². The molecule has 1 heterocycles. The minimum Gasteiger partial charge on any atom is -0.309 e. The molecule has 0 aliphatic heterocycles. The third-order valence-corrected chi connectivity index (χ3v) is 2.65. The van der Waals surface area contributed by atoms with Crippen LogP contribution < -0.4 is 5.32 Å². The molecular formula is C13H17FN4. The zero-order valence-corrected chi connectivity index (χ0v) is 10.8. The third-order valence-electron chi connectivity index (χ3n) is 2.65. The van der Waals surface area contributed by atoms with Crippen LogP contribution >= 0.6 is 0 Å². The second-order valence-electron chi connectivity index (χ2n) is 4.62. The second-order valence-corrected chi connectivity index (χ2v) is 4.62. The highest BCUT2D eigenvalue weighted by molar-refractivity contribution is 5.34. The molecule has 2 aromatic rings. The van der Waals surface area contributed by atoms with Gasteiger partial charge in [-0.1, -0.05) is 25.1 Å². The Kier molecular flexibility index (Phi) is 3.72. The van der Waals surface area contributed by atoms with Crippen molar-refractivity contribution in [2.75, 3.05) is 0 Å². The number of nitrogens with one attached hydrogen (secondary N) is 1. The van der Waals surface area contributed by atoms with E-state index in [4.69, 9.17) is 0 Å². The number of aromatic nitrogens is 3. The van der Waals surface area contributed by atoms with Crippen LogP contribution in [0.2, 0.25) is 0 Å². The van der Waals surface area contributed by atoms with Crippen LogP contribution in [-0.4, -0.2) is 21.0 Å². The normalized spacial score (nSPS) is 11.2. The van der Waals surface area contributed by atoms with E-state index in [0.29, 0.717) is 23.8 Å². The number of benzene rings is 1. The van der Waals surface area contributed by atoms with Gasteiger partial charge in [-0.3, -0.25) is 0 Å². The number of nitrogens with zero attached hydrogens (tertiary/aromatic N) is 3. The lowest BCUT2D eigenvalue weighted by Gasteiger charge is -2.04. The molecule has 0 saturated carbocycles. The van der Waals surface area contributed by atoms with Gasteiger partial charge in [-0.05, 0) is 24.6 Å². The van der Waals surface area contributed by atoms with Crippen LogP contribution in [0.5, 0.6) is 0 Å². The van der Waals surface area contributed by atoms with E-state index in [9.17, 15) is 4.39 Å². The molecule has 18 heavy (non-hydrogen) atoms. The van der Waals surface area contributed by atoms with Crippen molar-refractivity contribution in [3.05, 3.63) is 41.5 Å². The molecule has 0 aliphatic carbocycles. The molecule has 0 aliphatic rings. The van der Waals surface area contributed by atoms with Crippen molar-refractivity contribution in [3.63, 3.8) is 0 Å². The summed E-state index contributed by atoms with van der Waals surface area (Å²) in [7, 11) is 0. The quantitative estimate of drug-likeness (QED) is 0.902. The van der Waals surface area contributed by atoms with Crippen molar-refractivity contribution < 1.29 is 4.39 Å². The highest BCUT2D eigenvalue weighted by atomic mass is 19.1. The molecular weight excluding hydrogens is 231 g/mol. The summed E-state index contributed by atoms with van der Waals surface area (Å²) >= 11 is 0. The molecule has 1 N–H and O–H groups in total. The Bertz CT molecular complexity index is 534. The maximum absolute atomic E-state index is 13.5. The SMILES string of the molecule is Cc1ccc(-n2cc(CNC(C)C)nn2)cc1F. The van der Waals surface area contributed by atoms with Crippen molar-refractivity contribution in [2.45, 2.75) is 33.4 Å². The maximum Gasteiger partial charge on any atom is 0.128 e. The van der Waals surface area contributed by atoms with Gasteiger partial charge in [-0.15, -0.1) is 5.10 Å². The lowest BCUT2D eigenvalue weighted by atomic mass is 10.2. The monoisotopic (exact) mass is 248 g/mol. The molecule has 0 fully saturated rings. The smallest absolute Gasteiger partial charge is 0.128 e. The Balaban J connectivity index is 2.16. The summed E-state index contributed by atoms with van der Waals surface area (Å²) < 4.78 is 15.0. The van der Waals surface area contributed by atoms with Gasteiger partial charge in [0.05, 0.1) is 17.6 Å². The van der Waals surface area contributed by atoms with Gasteiger partial charge in [0.15, 0.2) is 0 Å². The van der Waals surface area contributed by atoms with E-state index in [-0.39, 0.29) is 5.82 Å². The van der Waals surface area contributed by atoms with Crippen LogP contribution in [0.4, 0.5) is 4.39 Å². The fourth-order valence-electron chi connectivity index (χ4n) is 1.54. The summed E-state index contributed by atoms with van der Waals surface area (Å²) in [4.78, 5) is 0. The molecule has 0 radical (unpaired) electrons. The molecule has 0 spiro atoms. The number of rotatable bonds is 4. The van der Waals surface area contributed by atoms with Gasteiger partial charge in [0.25, 0.3) is 0 Å². The molecule has 0 atom stereocenters. The Morgan fingerprint density at radius 3 is 2.83 bits per heavy atom. The second kappa shape index (κ2) is 5.27. The molecule has 0 amide bonds. The van der Waals surface area contributed by atoms with E-state index >= 15 is 0 Å². The van der Waals surface area contributed by atoms with E-state index in [1.165, 1.54) is 6.07 Å². The standard InChI is InChI=1S/C13H17FN4/c1-9(2)15-7-11-8-18(17-16-11)12-5-4-10(3)13(14)6-12/h4-6,8-9,15H,7H2,1-3H3. The highest BCUT2D eigenvalue weighted by Gasteiger charge is 2.05. The minimum atomic E-state index is -0.232. The largest absolute Gasteiger partial charge is 0.309 e. The summed E-state index contributed by atoms with van der Waals surface area (Å²) in [5.74, 6) is -0.232. The van der Waals surface area contributed by atoms with E-state index in [0.717, 1.165) is 5.69 Å². The van der Waals surface area contributed by atoms with Crippen LogP contribution in [0.1, 0.15) is 25.1 Å². The fraction of sp³-hybridized carbons (Fsp3) is 0.385. The van der Waals surface area contributed by atoms with Crippen molar-refractivity contribution in [1.29, 1.82) is 0 Å². The molecule has 0 unspecified atom stereocenters. The first-order valence-corrected chi connectivity index (χ1v) is 5.97. The third kappa shape index (κ3) is 2.92. The zero-order valence-electron chi connectivity index (χ0n) is 10.8. The van der Waals surface area contributed by atoms with E-state index in [1.807, 2.05) is 6.07 Å². The number of hydrogen-bond donors (Lipinski definition) is 1. The lowest BCUT2D eigenvalue weighted by Crippen LogP contribution is -2.21. The minimum absolute atomic E-state index is 0.232. The molecule has 0 bridgehead atoms. The Hall–Kier alpha value is -1.75. The molecule has 0 saturated heterocycles. The Labute approximate surface area is 106 Å². The van der Waals surface area contributed by atoms with E-state index in [2.05, 4.69) is 29.5 Å². The van der Waals surface area contributed by atoms with E-state index < -0.39 is 0 Å². The van der Waals surface area contributed by atoms with Crippen LogP contribution in [0.25, 0.3) is 5.69 Å². The first kappa shape index (κ1) is 12.7. The molecule has 1 aromatic heterocycles. The van der Waals surface area contributed by atoms with Crippen LogP contribution in [0.15, 0.2) is 24.4 Å². The topological polar surface area (TPSA) is 42.7 Å². The van der Waals surface area contributed by atoms with Gasteiger partial charge in [-0.25, -0.2) is 9.07 Å². The van der Waals surface area contributed by atoms with Crippen LogP contribution in [0, 0.1) is 12.7 Å². The van der Waals surface area contributed by atoms with Crippen molar-refractivity contribution in [2.24, 2.45) is 0 Å².